The second-order valence-electron chi connectivity index (χ2n) is 4.20. The zero-order valence-corrected chi connectivity index (χ0v) is 10.7. The molecule has 98 valence electrons. The molecule has 2 N–H and O–H groups in total. The summed E-state index contributed by atoms with van der Waals surface area (Å²) in [6.45, 7) is 5.43. The van der Waals surface area contributed by atoms with Gasteiger partial charge in [0.2, 0.25) is 0 Å². The molecule has 0 aliphatic heterocycles. The molecule has 0 radical (unpaired) electrons. The fourth-order valence-electron chi connectivity index (χ4n) is 1.30. The molecular formula is C13H17FN2O2. The van der Waals surface area contributed by atoms with E-state index in [4.69, 9.17) is 0 Å². The molecular weight excluding hydrogens is 235 g/mol. The average Bonchev–Trinajstić information content (AvgIpc) is 2.33. The molecule has 0 bridgehead atoms. The van der Waals surface area contributed by atoms with Crippen molar-refractivity contribution in [3.8, 4) is 0 Å². The Morgan fingerprint density at radius 3 is 2.61 bits per heavy atom. The first-order valence-electron chi connectivity index (χ1n) is 5.82. The van der Waals surface area contributed by atoms with Gasteiger partial charge in [-0.2, -0.15) is 0 Å². The molecule has 0 unspecified atom stereocenters. The molecule has 0 spiro atoms. The molecule has 4 nitrogen and oxygen atoms in total. The summed E-state index contributed by atoms with van der Waals surface area (Å²) in [7, 11) is 0. The molecule has 0 saturated carbocycles. The predicted octanol–water partition coefficient (Wildman–Crippen LogP) is 1.99. The van der Waals surface area contributed by atoms with Crippen LogP contribution in [0.4, 0.5) is 10.1 Å². The van der Waals surface area contributed by atoms with Gasteiger partial charge in [-0.25, -0.2) is 4.39 Å². The number of amides is 2. The van der Waals surface area contributed by atoms with Crippen LogP contribution in [0.1, 0.15) is 25.8 Å². The molecule has 0 fully saturated rings. The second kappa shape index (κ2) is 6.14. The number of hydrogen-bond acceptors (Lipinski definition) is 2. The molecule has 1 rings (SSSR count). The van der Waals surface area contributed by atoms with Crippen LogP contribution in [0.3, 0.4) is 0 Å². The monoisotopic (exact) mass is 252 g/mol. The van der Waals surface area contributed by atoms with Crippen LogP contribution in [0.25, 0.3) is 0 Å². The zero-order valence-electron chi connectivity index (χ0n) is 10.7. The van der Waals surface area contributed by atoms with Crippen LogP contribution in [-0.4, -0.2) is 17.9 Å². The number of halogens is 1. The lowest BCUT2D eigenvalue weighted by molar-refractivity contribution is -0.136. The molecule has 0 saturated heterocycles. The van der Waals surface area contributed by atoms with Crippen LogP contribution in [-0.2, 0) is 9.59 Å². The normalized spacial score (nSPS) is 11.8. The number of carbonyl (C=O) groups excluding carboxylic acids is 2. The fraction of sp³-hybridized carbons (Fsp3) is 0.385. The van der Waals surface area contributed by atoms with Gasteiger partial charge in [0.05, 0.1) is 0 Å². The van der Waals surface area contributed by atoms with Gasteiger partial charge in [0.1, 0.15) is 5.82 Å². The standard InChI is InChI=1S/C13H17FN2O2/c1-4-9(3)15-12(17)13(18)16-11-7-10(14)6-5-8(11)2/h5-7,9H,4H2,1-3H3,(H,15,17)(H,16,18)/t9-/m1/s1. The molecule has 0 aromatic heterocycles. The number of nitrogens with one attached hydrogen (secondary N) is 2. The minimum Gasteiger partial charge on any atom is -0.345 e. The first kappa shape index (κ1) is 14.2. The number of carbonyl (C=O) groups is 2. The van der Waals surface area contributed by atoms with Crippen molar-refractivity contribution in [1.82, 2.24) is 5.32 Å². The van der Waals surface area contributed by atoms with E-state index in [0.717, 1.165) is 6.42 Å². The molecule has 1 aromatic carbocycles. The highest BCUT2D eigenvalue weighted by molar-refractivity contribution is 6.39. The van der Waals surface area contributed by atoms with E-state index in [1.165, 1.54) is 18.2 Å². The lowest BCUT2D eigenvalue weighted by Gasteiger charge is -2.12. The third-order valence-corrected chi connectivity index (χ3v) is 2.64. The van der Waals surface area contributed by atoms with Crippen LogP contribution in [0.15, 0.2) is 18.2 Å². The van der Waals surface area contributed by atoms with Crippen LogP contribution in [0.2, 0.25) is 0 Å². The van der Waals surface area contributed by atoms with Crippen molar-refractivity contribution in [2.24, 2.45) is 0 Å². The van der Waals surface area contributed by atoms with E-state index in [1.807, 2.05) is 6.92 Å². The Hall–Kier alpha value is -1.91. The van der Waals surface area contributed by atoms with Crippen molar-refractivity contribution in [1.29, 1.82) is 0 Å². The Labute approximate surface area is 106 Å². The lowest BCUT2D eigenvalue weighted by atomic mass is 10.2. The van der Waals surface area contributed by atoms with Crippen molar-refractivity contribution < 1.29 is 14.0 Å². The molecule has 0 heterocycles. The Kier molecular flexibility index (Phi) is 4.83. The molecule has 1 atom stereocenters. The highest BCUT2D eigenvalue weighted by Crippen LogP contribution is 2.15. The summed E-state index contributed by atoms with van der Waals surface area (Å²) in [5.41, 5.74) is 1.00. The summed E-state index contributed by atoms with van der Waals surface area (Å²) >= 11 is 0. The lowest BCUT2D eigenvalue weighted by Crippen LogP contribution is -2.40. The topological polar surface area (TPSA) is 58.2 Å². The molecule has 18 heavy (non-hydrogen) atoms. The summed E-state index contributed by atoms with van der Waals surface area (Å²) in [6.07, 6.45) is 0.734. The van der Waals surface area contributed by atoms with E-state index < -0.39 is 17.6 Å². The van der Waals surface area contributed by atoms with Gasteiger partial charge in [0.25, 0.3) is 0 Å². The maximum Gasteiger partial charge on any atom is 0.313 e. The summed E-state index contributed by atoms with van der Waals surface area (Å²) in [4.78, 5) is 23.1. The maximum atomic E-state index is 13.0. The quantitative estimate of drug-likeness (QED) is 0.808. The number of anilines is 1. The van der Waals surface area contributed by atoms with Crippen molar-refractivity contribution in [3.05, 3.63) is 29.6 Å². The van der Waals surface area contributed by atoms with Crippen molar-refractivity contribution in [2.45, 2.75) is 33.2 Å². The van der Waals surface area contributed by atoms with Crippen LogP contribution < -0.4 is 10.6 Å². The van der Waals surface area contributed by atoms with Gasteiger partial charge < -0.3 is 10.6 Å². The van der Waals surface area contributed by atoms with Gasteiger partial charge >= 0.3 is 11.8 Å². The first-order chi connectivity index (χ1) is 8.43. The Bertz CT molecular complexity index is 460. The summed E-state index contributed by atoms with van der Waals surface area (Å²) in [5, 5.41) is 4.93. The Balaban J connectivity index is 2.69. The fourth-order valence-corrected chi connectivity index (χ4v) is 1.30. The second-order valence-corrected chi connectivity index (χ2v) is 4.20. The third kappa shape index (κ3) is 3.84. The molecule has 1 aromatic rings. The molecule has 2 amide bonds. The largest absolute Gasteiger partial charge is 0.345 e. The maximum absolute atomic E-state index is 13.0. The Morgan fingerprint density at radius 2 is 2.00 bits per heavy atom. The van der Waals surface area contributed by atoms with E-state index in [0.29, 0.717) is 11.3 Å². The highest BCUT2D eigenvalue weighted by atomic mass is 19.1. The zero-order chi connectivity index (χ0) is 13.7. The Morgan fingerprint density at radius 1 is 1.33 bits per heavy atom. The highest BCUT2D eigenvalue weighted by Gasteiger charge is 2.16. The summed E-state index contributed by atoms with van der Waals surface area (Å²) in [5.74, 6) is -1.96. The molecule has 5 heteroatoms. The number of hydrogen-bond donors (Lipinski definition) is 2. The van der Waals surface area contributed by atoms with Crippen LogP contribution in [0.5, 0.6) is 0 Å². The third-order valence-electron chi connectivity index (χ3n) is 2.64. The van der Waals surface area contributed by atoms with Crippen molar-refractivity contribution in [3.63, 3.8) is 0 Å². The SMILES string of the molecule is CC[C@@H](C)NC(=O)C(=O)Nc1cc(F)ccc1C. The van der Waals surface area contributed by atoms with Crippen LogP contribution in [0, 0.1) is 12.7 Å². The molecule has 0 aliphatic rings. The van der Waals surface area contributed by atoms with E-state index in [2.05, 4.69) is 10.6 Å². The smallest absolute Gasteiger partial charge is 0.313 e. The van der Waals surface area contributed by atoms with Gasteiger partial charge in [-0.1, -0.05) is 13.0 Å². The number of rotatable bonds is 3. The van der Waals surface area contributed by atoms with Crippen molar-refractivity contribution in [2.75, 3.05) is 5.32 Å². The molecule has 0 aliphatic carbocycles. The van der Waals surface area contributed by atoms with Crippen molar-refractivity contribution >= 4 is 17.5 Å². The van der Waals surface area contributed by atoms with Gasteiger partial charge in [-0.05, 0) is 38.0 Å². The first-order valence-corrected chi connectivity index (χ1v) is 5.82. The van der Waals surface area contributed by atoms with E-state index in [9.17, 15) is 14.0 Å². The number of aryl methyl sites for hydroxylation is 1. The van der Waals surface area contributed by atoms with E-state index >= 15 is 0 Å². The minimum atomic E-state index is -0.788. The summed E-state index contributed by atoms with van der Waals surface area (Å²) in [6, 6.07) is 3.95. The predicted molar refractivity (Wildman–Crippen MR) is 67.7 cm³/mol. The van der Waals surface area contributed by atoms with E-state index in [1.54, 1.807) is 13.8 Å². The van der Waals surface area contributed by atoms with E-state index in [-0.39, 0.29) is 6.04 Å². The average molecular weight is 252 g/mol. The number of benzene rings is 1. The summed E-state index contributed by atoms with van der Waals surface area (Å²) < 4.78 is 13.0. The van der Waals surface area contributed by atoms with Crippen LogP contribution >= 0.6 is 0 Å². The van der Waals surface area contributed by atoms with Gasteiger partial charge in [0.15, 0.2) is 0 Å². The van der Waals surface area contributed by atoms with Gasteiger partial charge in [-0.15, -0.1) is 0 Å². The van der Waals surface area contributed by atoms with Gasteiger partial charge in [-0.3, -0.25) is 9.59 Å². The minimum absolute atomic E-state index is 0.0724. The van der Waals surface area contributed by atoms with Gasteiger partial charge in [0, 0.05) is 11.7 Å².